The van der Waals surface area contributed by atoms with Crippen molar-refractivity contribution < 1.29 is 9.53 Å². The first kappa shape index (κ1) is 20.6. The molecule has 140 valence electrons. The number of terminal acetylenes is 1. The van der Waals surface area contributed by atoms with Crippen molar-refractivity contribution in [2.24, 2.45) is 0 Å². The highest BCUT2D eigenvalue weighted by Gasteiger charge is 2.21. The van der Waals surface area contributed by atoms with Gasteiger partial charge >= 0.3 is 5.97 Å². The average molecular weight is 404 g/mol. The fourth-order valence-electron chi connectivity index (χ4n) is 2.40. The predicted octanol–water partition coefficient (Wildman–Crippen LogP) is 4.05. The second-order valence-electron chi connectivity index (χ2n) is 5.86. The molecule has 0 fully saturated rings. The van der Waals surface area contributed by atoms with Crippen molar-refractivity contribution in [1.82, 2.24) is 9.88 Å². The summed E-state index contributed by atoms with van der Waals surface area (Å²) in [6, 6.07) is 8.68. The molecule has 0 atom stereocenters. The van der Waals surface area contributed by atoms with Crippen LogP contribution in [-0.4, -0.2) is 44.1 Å². The smallest absolute Gasteiger partial charge is 0.356 e. The number of ether oxygens (including phenoxy) is 1. The lowest BCUT2D eigenvalue weighted by Gasteiger charge is -2.23. The summed E-state index contributed by atoms with van der Waals surface area (Å²) in [5.41, 5.74) is 2.12. The van der Waals surface area contributed by atoms with Gasteiger partial charge in [0.1, 0.15) is 11.5 Å². The Morgan fingerprint density at radius 3 is 2.48 bits per heavy atom. The fourth-order valence-corrected chi connectivity index (χ4v) is 2.91. The Morgan fingerprint density at radius 2 is 1.93 bits per heavy atom. The van der Waals surface area contributed by atoms with Gasteiger partial charge in [-0.05, 0) is 30.3 Å². The molecule has 5 nitrogen and oxygen atoms in total. The zero-order valence-corrected chi connectivity index (χ0v) is 17.0. The molecular formula is C20H19Cl2N3O2. The minimum absolute atomic E-state index is 0.283. The first-order valence-corrected chi connectivity index (χ1v) is 8.67. The van der Waals surface area contributed by atoms with Gasteiger partial charge in [-0.15, -0.1) is 6.42 Å². The number of benzene rings is 1. The highest BCUT2D eigenvalue weighted by Crippen LogP contribution is 2.32. The van der Waals surface area contributed by atoms with Crippen molar-refractivity contribution in [2.75, 3.05) is 33.2 Å². The monoisotopic (exact) mass is 403 g/mol. The molecule has 1 aromatic carbocycles. The number of esters is 1. The van der Waals surface area contributed by atoms with Crippen molar-refractivity contribution in [3.05, 3.63) is 57.8 Å². The first-order valence-electron chi connectivity index (χ1n) is 7.91. The van der Waals surface area contributed by atoms with Gasteiger partial charge in [0.25, 0.3) is 0 Å². The normalized spacial score (nSPS) is 10.9. The number of carbonyl (C=O) groups is 1. The van der Waals surface area contributed by atoms with Crippen LogP contribution in [0.15, 0.2) is 42.2 Å². The summed E-state index contributed by atoms with van der Waals surface area (Å²) >= 11 is 12.3. The molecule has 0 aliphatic carbocycles. The number of halogens is 2. The van der Waals surface area contributed by atoms with Gasteiger partial charge in [0, 0.05) is 37.9 Å². The molecule has 0 saturated heterocycles. The molecule has 2 aromatic rings. The van der Waals surface area contributed by atoms with E-state index in [1.54, 1.807) is 67.5 Å². The quantitative estimate of drug-likeness (QED) is 0.428. The molecule has 0 aliphatic rings. The third kappa shape index (κ3) is 4.73. The molecular weight excluding hydrogens is 385 g/mol. The Morgan fingerprint density at radius 1 is 1.22 bits per heavy atom. The van der Waals surface area contributed by atoms with Gasteiger partial charge in [-0.1, -0.05) is 29.1 Å². The predicted molar refractivity (Wildman–Crippen MR) is 110 cm³/mol. The van der Waals surface area contributed by atoms with E-state index in [-0.39, 0.29) is 5.70 Å². The number of nitrogens with zero attached hydrogens (tertiary/aromatic N) is 3. The number of anilines is 1. The SMILES string of the molecule is C#Cc1ccc(-c2ccc(Cl)cc2Cl)nc1N(C)C(=CN(C)C)C(=O)OC. The van der Waals surface area contributed by atoms with Gasteiger partial charge in [0.2, 0.25) is 0 Å². The minimum atomic E-state index is -0.508. The van der Waals surface area contributed by atoms with Crippen molar-refractivity contribution in [3.8, 4) is 23.6 Å². The Balaban J connectivity index is 2.61. The van der Waals surface area contributed by atoms with E-state index in [1.807, 2.05) is 0 Å². The van der Waals surface area contributed by atoms with Gasteiger partial charge < -0.3 is 14.5 Å². The van der Waals surface area contributed by atoms with Crippen LogP contribution in [0.4, 0.5) is 5.82 Å². The summed E-state index contributed by atoms with van der Waals surface area (Å²) in [4.78, 5) is 20.2. The largest absolute Gasteiger partial charge is 0.464 e. The molecule has 0 unspecified atom stereocenters. The molecule has 0 bridgehead atoms. The fraction of sp³-hybridized carbons (Fsp3) is 0.200. The van der Waals surface area contributed by atoms with Crippen LogP contribution in [0.25, 0.3) is 11.3 Å². The molecule has 0 spiro atoms. The number of aromatic nitrogens is 1. The van der Waals surface area contributed by atoms with E-state index < -0.39 is 5.97 Å². The number of likely N-dealkylation sites (N-methyl/N-ethyl adjacent to an activating group) is 1. The molecule has 27 heavy (non-hydrogen) atoms. The molecule has 2 rings (SSSR count). The summed E-state index contributed by atoms with van der Waals surface area (Å²) < 4.78 is 4.89. The maximum atomic E-state index is 12.2. The number of carbonyl (C=O) groups excluding carboxylic acids is 1. The van der Waals surface area contributed by atoms with Crippen molar-refractivity contribution in [1.29, 1.82) is 0 Å². The topological polar surface area (TPSA) is 45.7 Å². The maximum Gasteiger partial charge on any atom is 0.356 e. The summed E-state index contributed by atoms with van der Waals surface area (Å²) in [5, 5.41) is 0.998. The molecule has 0 N–H and O–H groups in total. The molecule has 1 aromatic heterocycles. The Bertz CT molecular complexity index is 933. The van der Waals surface area contributed by atoms with E-state index in [9.17, 15) is 4.79 Å². The van der Waals surface area contributed by atoms with Crippen molar-refractivity contribution in [2.45, 2.75) is 0 Å². The molecule has 0 amide bonds. The van der Waals surface area contributed by atoms with Crippen LogP contribution in [0.5, 0.6) is 0 Å². The third-order valence-corrected chi connectivity index (χ3v) is 4.24. The molecule has 1 heterocycles. The highest BCUT2D eigenvalue weighted by atomic mass is 35.5. The van der Waals surface area contributed by atoms with Crippen LogP contribution in [0.2, 0.25) is 10.0 Å². The Kier molecular flexibility index (Phi) is 6.73. The van der Waals surface area contributed by atoms with E-state index in [2.05, 4.69) is 10.9 Å². The van der Waals surface area contributed by atoms with Gasteiger partial charge in [-0.3, -0.25) is 0 Å². The van der Waals surface area contributed by atoms with Crippen LogP contribution >= 0.6 is 23.2 Å². The third-order valence-electron chi connectivity index (χ3n) is 3.69. The van der Waals surface area contributed by atoms with E-state index in [0.717, 1.165) is 0 Å². The standard InChI is InChI=1S/C20H19Cl2N3O2/c1-6-13-7-10-17(15-9-8-14(21)11-16(15)22)23-19(13)25(4)18(12-24(2)3)20(26)27-5/h1,7-12H,2-5H3. The number of pyridine rings is 1. The molecule has 0 saturated carbocycles. The average Bonchev–Trinajstić information content (AvgIpc) is 2.64. The molecule has 0 aliphatic heterocycles. The van der Waals surface area contributed by atoms with Crippen LogP contribution in [0, 0.1) is 12.3 Å². The van der Waals surface area contributed by atoms with Crippen molar-refractivity contribution in [3.63, 3.8) is 0 Å². The molecule has 7 heteroatoms. The lowest BCUT2D eigenvalue weighted by Crippen LogP contribution is -2.27. The lowest BCUT2D eigenvalue weighted by atomic mass is 10.1. The highest BCUT2D eigenvalue weighted by molar-refractivity contribution is 6.36. The van der Waals surface area contributed by atoms with E-state index in [0.29, 0.717) is 32.7 Å². The van der Waals surface area contributed by atoms with Crippen LogP contribution in [0.1, 0.15) is 5.56 Å². The van der Waals surface area contributed by atoms with Crippen LogP contribution in [0.3, 0.4) is 0 Å². The van der Waals surface area contributed by atoms with Gasteiger partial charge in [0.15, 0.2) is 0 Å². The van der Waals surface area contributed by atoms with Gasteiger partial charge in [-0.2, -0.15) is 0 Å². The molecule has 0 radical (unpaired) electrons. The maximum absolute atomic E-state index is 12.2. The van der Waals surface area contributed by atoms with E-state index in [4.69, 9.17) is 34.4 Å². The van der Waals surface area contributed by atoms with E-state index >= 15 is 0 Å². The zero-order valence-electron chi connectivity index (χ0n) is 15.5. The number of hydrogen-bond donors (Lipinski definition) is 0. The van der Waals surface area contributed by atoms with Crippen molar-refractivity contribution >= 4 is 35.0 Å². The number of hydrogen-bond acceptors (Lipinski definition) is 5. The number of rotatable bonds is 5. The second kappa shape index (κ2) is 8.81. The lowest BCUT2D eigenvalue weighted by molar-refractivity contribution is -0.136. The summed E-state index contributed by atoms with van der Waals surface area (Å²) in [6.07, 6.45) is 7.27. The van der Waals surface area contributed by atoms with E-state index in [1.165, 1.54) is 7.11 Å². The summed E-state index contributed by atoms with van der Waals surface area (Å²) in [5.74, 6) is 2.51. The Hall–Kier alpha value is -2.68. The summed E-state index contributed by atoms with van der Waals surface area (Å²) in [6.45, 7) is 0. The number of methoxy groups -OCH3 is 1. The van der Waals surface area contributed by atoms with Gasteiger partial charge in [0.05, 0.1) is 23.4 Å². The summed E-state index contributed by atoms with van der Waals surface area (Å²) in [7, 11) is 6.62. The zero-order chi connectivity index (χ0) is 20.1. The van der Waals surface area contributed by atoms with Crippen LogP contribution < -0.4 is 4.90 Å². The van der Waals surface area contributed by atoms with Crippen LogP contribution in [-0.2, 0) is 9.53 Å². The Labute approximate surface area is 169 Å². The van der Waals surface area contributed by atoms with Gasteiger partial charge in [-0.25, -0.2) is 9.78 Å². The second-order valence-corrected chi connectivity index (χ2v) is 6.71. The minimum Gasteiger partial charge on any atom is -0.464 e. The first-order chi connectivity index (χ1) is 12.8.